The van der Waals surface area contributed by atoms with Gasteiger partial charge < -0.3 is 14.6 Å². The molecular weight excluding hydrogens is 264 g/mol. The van der Waals surface area contributed by atoms with Crippen LogP contribution in [0.15, 0.2) is 21.9 Å². The molecule has 2 N–H and O–H groups in total. The van der Waals surface area contributed by atoms with E-state index in [1.165, 1.54) is 16.8 Å². The summed E-state index contributed by atoms with van der Waals surface area (Å²) in [6.07, 6.45) is 1.51. The van der Waals surface area contributed by atoms with Gasteiger partial charge in [0.1, 0.15) is 6.10 Å². The van der Waals surface area contributed by atoms with Crippen LogP contribution in [0.5, 0.6) is 0 Å². The van der Waals surface area contributed by atoms with Gasteiger partial charge in [-0.05, 0) is 20.3 Å². The average molecular weight is 282 g/mol. The van der Waals surface area contributed by atoms with Gasteiger partial charge in [0.15, 0.2) is 5.79 Å². The molecule has 1 aliphatic heterocycles. The van der Waals surface area contributed by atoms with Gasteiger partial charge in [0, 0.05) is 24.8 Å². The van der Waals surface area contributed by atoms with Crippen LogP contribution in [0, 0.1) is 5.92 Å². The van der Waals surface area contributed by atoms with Crippen molar-refractivity contribution in [3.8, 4) is 0 Å². The zero-order chi connectivity index (χ0) is 14.5. The van der Waals surface area contributed by atoms with Gasteiger partial charge in [-0.2, -0.15) is 0 Å². The molecule has 7 heteroatoms. The van der Waals surface area contributed by atoms with Crippen molar-refractivity contribution in [1.82, 2.24) is 9.55 Å². The lowest BCUT2D eigenvalue weighted by Gasteiger charge is -2.23. The Morgan fingerprint density at radius 1 is 1.40 bits per heavy atom. The molecule has 0 bridgehead atoms. The molecule has 3 rings (SSSR count). The third-order valence-electron chi connectivity index (χ3n) is 3.99. The standard InChI is InChI=1S/C13H18N2O5/c1-13(2)19-10-7(6-16)5-8(11(10)20-13)15-4-3-9(17)14-12(15)18/h3-4,7-8,10-11,16H,5-6H2,1-2H3,(H,14,17,18)/t7?,8-,10-,11+/m1/s1. The highest BCUT2D eigenvalue weighted by Crippen LogP contribution is 2.46. The number of fused-ring (bicyclic) bond motifs is 1. The topological polar surface area (TPSA) is 93.5 Å². The Bertz CT molecular complexity index is 620. The summed E-state index contributed by atoms with van der Waals surface area (Å²) in [6.45, 7) is 3.61. The predicted octanol–water partition coefficient (Wildman–Crippen LogP) is -0.390. The van der Waals surface area contributed by atoms with Crippen LogP contribution >= 0.6 is 0 Å². The van der Waals surface area contributed by atoms with Gasteiger partial charge in [-0.15, -0.1) is 0 Å². The Morgan fingerprint density at radius 3 is 2.75 bits per heavy atom. The maximum absolute atomic E-state index is 11.9. The lowest BCUT2D eigenvalue weighted by Crippen LogP contribution is -2.36. The quantitative estimate of drug-likeness (QED) is 0.770. The van der Waals surface area contributed by atoms with E-state index in [9.17, 15) is 14.7 Å². The fourth-order valence-corrected chi connectivity index (χ4v) is 3.20. The molecule has 1 aromatic heterocycles. The first-order valence-corrected chi connectivity index (χ1v) is 6.69. The van der Waals surface area contributed by atoms with Gasteiger partial charge in [0.2, 0.25) is 0 Å². The zero-order valence-corrected chi connectivity index (χ0v) is 11.4. The van der Waals surface area contributed by atoms with Gasteiger partial charge >= 0.3 is 5.69 Å². The number of aromatic amines is 1. The molecule has 2 heterocycles. The molecule has 110 valence electrons. The van der Waals surface area contributed by atoms with Crippen molar-refractivity contribution in [2.75, 3.05) is 6.61 Å². The summed E-state index contributed by atoms with van der Waals surface area (Å²) in [7, 11) is 0. The highest BCUT2D eigenvalue weighted by atomic mass is 16.8. The second-order valence-electron chi connectivity index (χ2n) is 5.83. The van der Waals surface area contributed by atoms with Crippen molar-refractivity contribution in [2.45, 2.75) is 44.3 Å². The van der Waals surface area contributed by atoms with Crippen LogP contribution in [-0.2, 0) is 9.47 Å². The van der Waals surface area contributed by atoms with E-state index in [2.05, 4.69) is 4.98 Å². The van der Waals surface area contributed by atoms with Crippen LogP contribution in [0.2, 0.25) is 0 Å². The second kappa shape index (κ2) is 4.54. The molecule has 1 aromatic rings. The Morgan fingerprint density at radius 2 is 2.10 bits per heavy atom. The van der Waals surface area contributed by atoms with Gasteiger partial charge in [0.05, 0.1) is 12.1 Å². The van der Waals surface area contributed by atoms with Gasteiger partial charge in [0.25, 0.3) is 5.56 Å². The highest BCUT2D eigenvalue weighted by molar-refractivity contribution is 5.02. The average Bonchev–Trinajstić information content (AvgIpc) is 2.83. The van der Waals surface area contributed by atoms with Crippen LogP contribution in [0.25, 0.3) is 0 Å². The van der Waals surface area contributed by atoms with Crippen LogP contribution in [-0.4, -0.2) is 39.3 Å². The van der Waals surface area contributed by atoms with Crippen LogP contribution in [0.3, 0.4) is 0 Å². The number of nitrogens with zero attached hydrogens (tertiary/aromatic N) is 1. The van der Waals surface area contributed by atoms with Gasteiger partial charge in [-0.1, -0.05) is 0 Å². The van der Waals surface area contributed by atoms with Crippen molar-refractivity contribution in [2.24, 2.45) is 5.92 Å². The van der Waals surface area contributed by atoms with E-state index in [1.807, 2.05) is 13.8 Å². The smallest absolute Gasteiger partial charge is 0.328 e. The third-order valence-corrected chi connectivity index (χ3v) is 3.99. The minimum Gasteiger partial charge on any atom is -0.396 e. The molecule has 4 atom stereocenters. The molecular formula is C13H18N2O5. The first-order chi connectivity index (χ1) is 9.41. The number of hydrogen-bond donors (Lipinski definition) is 2. The first kappa shape index (κ1) is 13.5. The molecule has 0 spiro atoms. The Hall–Kier alpha value is -1.44. The molecule has 1 saturated carbocycles. The number of H-pyrrole nitrogens is 1. The fraction of sp³-hybridized carbons (Fsp3) is 0.692. The second-order valence-corrected chi connectivity index (χ2v) is 5.83. The minimum absolute atomic E-state index is 0.0186. The number of nitrogens with one attached hydrogen (secondary N) is 1. The normalized spacial score (nSPS) is 35.1. The van der Waals surface area contributed by atoms with Gasteiger partial charge in [-0.3, -0.25) is 14.3 Å². The van der Waals surface area contributed by atoms with E-state index in [-0.39, 0.29) is 30.8 Å². The van der Waals surface area contributed by atoms with Crippen molar-refractivity contribution in [1.29, 1.82) is 0 Å². The summed E-state index contributed by atoms with van der Waals surface area (Å²) in [5.41, 5.74) is -0.892. The lowest BCUT2D eigenvalue weighted by atomic mass is 10.1. The number of aromatic nitrogens is 2. The van der Waals surface area contributed by atoms with E-state index in [1.54, 1.807) is 0 Å². The minimum atomic E-state index is -0.729. The molecule has 1 unspecified atom stereocenters. The fourth-order valence-electron chi connectivity index (χ4n) is 3.20. The molecule has 1 saturated heterocycles. The molecule has 1 aliphatic carbocycles. The summed E-state index contributed by atoms with van der Waals surface area (Å²) < 4.78 is 13.2. The van der Waals surface area contributed by atoms with Crippen LogP contribution in [0.4, 0.5) is 0 Å². The van der Waals surface area contributed by atoms with E-state index in [0.29, 0.717) is 6.42 Å². The van der Waals surface area contributed by atoms with Crippen molar-refractivity contribution < 1.29 is 14.6 Å². The number of rotatable bonds is 2. The Labute approximate surface area is 115 Å². The maximum Gasteiger partial charge on any atom is 0.328 e. The van der Waals surface area contributed by atoms with Crippen LogP contribution in [0.1, 0.15) is 26.3 Å². The van der Waals surface area contributed by atoms with E-state index in [0.717, 1.165) is 0 Å². The lowest BCUT2D eigenvalue weighted by molar-refractivity contribution is -0.161. The summed E-state index contributed by atoms with van der Waals surface area (Å²) in [4.78, 5) is 25.3. The number of hydrogen-bond acceptors (Lipinski definition) is 5. The molecule has 2 fully saturated rings. The van der Waals surface area contributed by atoms with Gasteiger partial charge in [-0.25, -0.2) is 4.79 Å². The summed E-state index contributed by atoms with van der Waals surface area (Å²) in [5, 5.41) is 9.48. The van der Waals surface area contributed by atoms with E-state index >= 15 is 0 Å². The largest absolute Gasteiger partial charge is 0.396 e. The Kier molecular flexibility index (Phi) is 3.07. The van der Waals surface area contributed by atoms with Crippen molar-refractivity contribution in [3.05, 3.63) is 33.1 Å². The SMILES string of the molecule is CC1(C)O[C@@H]2[C@H](O1)C(CO)C[C@H]2n1ccc(=O)[nH]c1=O. The van der Waals surface area contributed by atoms with E-state index < -0.39 is 17.0 Å². The molecule has 7 nitrogen and oxygen atoms in total. The number of aliphatic hydroxyl groups excluding tert-OH is 1. The van der Waals surface area contributed by atoms with Crippen molar-refractivity contribution in [3.63, 3.8) is 0 Å². The predicted molar refractivity (Wildman–Crippen MR) is 69.4 cm³/mol. The Balaban J connectivity index is 1.98. The molecule has 0 amide bonds. The summed E-state index contributed by atoms with van der Waals surface area (Å²) >= 11 is 0. The number of aliphatic hydroxyl groups is 1. The maximum atomic E-state index is 11.9. The summed E-state index contributed by atoms with van der Waals surface area (Å²) in [6, 6.07) is 1.06. The molecule has 20 heavy (non-hydrogen) atoms. The van der Waals surface area contributed by atoms with E-state index in [4.69, 9.17) is 9.47 Å². The number of ether oxygens (including phenoxy) is 2. The molecule has 2 aliphatic rings. The van der Waals surface area contributed by atoms with Crippen molar-refractivity contribution >= 4 is 0 Å². The third kappa shape index (κ3) is 2.11. The zero-order valence-electron chi connectivity index (χ0n) is 11.4. The highest BCUT2D eigenvalue weighted by Gasteiger charge is 2.54. The first-order valence-electron chi connectivity index (χ1n) is 6.69. The monoisotopic (exact) mass is 282 g/mol. The summed E-state index contributed by atoms with van der Waals surface area (Å²) in [5.74, 6) is -0.807. The molecule has 0 radical (unpaired) electrons. The molecule has 0 aromatic carbocycles. The van der Waals surface area contributed by atoms with Crippen LogP contribution < -0.4 is 11.2 Å².